The second-order valence-electron chi connectivity index (χ2n) is 8.77. The number of fused-ring (bicyclic) bond motifs is 1. The van der Waals surface area contributed by atoms with Crippen molar-refractivity contribution in [2.75, 3.05) is 7.11 Å². The van der Waals surface area contributed by atoms with Crippen LogP contribution in [0.2, 0.25) is 0 Å². The molecule has 3 aromatic carbocycles. The van der Waals surface area contributed by atoms with Gasteiger partial charge < -0.3 is 9.47 Å². The Morgan fingerprint density at radius 1 is 1.16 bits per heavy atom. The van der Waals surface area contributed by atoms with Crippen LogP contribution in [0.3, 0.4) is 0 Å². The molecule has 6 nitrogen and oxygen atoms in total. The van der Waals surface area contributed by atoms with Gasteiger partial charge in [-0.05, 0) is 66.4 Å². The molecule has 0 fully saturated rings. The third-order valence-corrected chi connectivity index (χ3v) is 6.48. The van der Waals surface area contributed by atoms with Gasteiger partial charge in [0.1, 0.15) is 18.2 Å². The Kier molecular flexibility index (Phi) is 9.07. The fourth-order valence-electron chi connectivity index (χ4n) is 4.05. The number of rotatable bonds is 11. The van der Waals surface area contributed by atoms with Crippen molar-refractivity contribution in [1.29, 1.82) is 0 Å². The topological polar surface area (TPSA) is 65.7 Å². The fourth-order valence-corrected chi connectivity index (χ4v) is 4.41. The molecule has 1 heterocycles. The molecule has 0 aliphatic rings. The molecule has 0 radical (unpaired) electrons. The molecule has 0 atom stereocenters. The number of benzene rings is 3. The molecule has 196 valence electrons. The number of aromatic nitrogens is 2. The second kappa shape index (κ2) is 12.6. The molecule has 0 saturated carbocycles. The van der Waals surface area contributed by atoms with Gasteiger partial charge in [-0.1, -0.05) is 47.5 Å². The average Bonchev–Trinajstić information content (AvgIpc) is 2.92. The lowest BCUT2D eigenvalue weighted by Crippen LogP contribution is -2.22. The van der Waals surface area contributed by atoms with E-state index in [-0.39, 0.29) is 18.0 Å². The van der Waals surface area contributed by atoms with Gasteiger partial charge in [0, 0.05) is 16.5 Å². The Labute approximate surface area is 229 Å². The Morgan fingerprint density at radius 2 is 1.95 bits per heavy atom. The zero-order valence-electron chi connectivity index (χ0n) is 21.4. The molecule has 0 saturated heterocycles. The minimum atomic E-state index is -0.298. The Balaban J connectivity index is 1.72. The number of halogens is 2. The highest BCUT2D eigenvalue weighted by molar-refractivity contribution is 9.10. The molecule has 0 bridgehead atoms. The van der Waals surface area contributed by atoms with E-state index in [0.717, 1.165) is 34.0 Å². The van der Waals surface area contributed by atoms with E-state index in [4.69, 9.17) is 14.5 Å². The van der Waals surface area contributed by atoms with Crippen molar-refractivity contribution >= 4 is 33.0 Å². The molecule has 0 spiro atoms. The normalized spacial score (nSPS) is 11.3. The molecule has 0 aliphatic carbocycles. The van der Waals surface area contributed by atoms with Crippen molar-refractivity contribution < 1.29 is 13.9 Å². The highest BCUT2D eigenvalue weighted by Gasteiger charge is 2.14. The van der Waals surface area contributed by atoms with E-state index in [1.165, 1.54) is 16.8 Å². The van der Waals surface area contributed by atoms with Gasteiger partial charge in [-0.15, -0.1) is 6.58 Å². The van der Waals surface area contributed by atoms with Gasteiger partial charge in [-0.2, -0.15) is 9.78 Å². The van der Waals surface area contributed by atoms with Gasteiger partial charge in [0.15, 0.2) is 11.5 Å². The molecule has 4 aromatic rings. The van der Waals surface area contributed by atoms with Crippen molar-refractivity contribution in [2.24, 2.45) is 5.10 Å². The van der Waals surface area contributed by atoms with Crippen LogP contribution >= 0.6 is 15.9 Å². The van der Waals surface area contributed by atoms with E-state index in [9.17, 15) is 9.18 Å². The van der Waals surface area contributed by atoms with E-state index in [1.54, 1.807) is 43.7 Å². The van der Waals surface area contributed by atoms with Crippen LogP contribution in [0.1, 0.15) is 42.3 Å². The van der Waals surface area contributed by atoms with Gasteiger partial charge in [-0.25, -0.2) is 9.37 Å². The predicted molar refractivity (Wildman–Crippen MR) is 153 cm³/mol. The molecular weight excluding hydrogens is 549 g/mol. The third kappa shape index (κ3) is 6.37. The summed E-state index contributed by atoms with van der Waals surface area (Å²) in [6.07, 6.45) is 6.43. The molecule has 0 unspecified atom stereocenters. The average molecular weight is 578 g/mol. The van der Waals surface area contributed by atoms with Crippen LogP contribution in [0, 0.1) is 5.82 Å². The van der Waals surface area contributed by atoms with Crippen molar-refractivity contribution in [3.8, 4) is 11.5 Å². The van der Waals surface area contributed by atoms with E-state index in [0.29, 0.717) is 41.1 Å². The number of hydrogen-bond acceptors (Lipinski definition) is 5. The summed E-state index contributed by atoms with van der Waals surface area (Å²) in [6.45, 7) is 6.21. The summed E-state index contributed by atoms with van der Waals surface area (Å²) in [5, 5.41) is 5.05. The number of unbranched alkanes of at least 4 members (excludes halogenated alkanes) is 1. The van der Waals surface area contributed by atoms with Crippen LogP contribution in [-0.4, -0.2) is 23.0 Å². The van der Waals surface area contributed by atoms with Crippen molar-refractivity contribution in [3.63, 3.8) is 0 Å². The minimum Gasteiger partial charge on any atom is -0.493 e. The van der Waals surface area contributed by atoms with Crippen molar-refractivity contribution in [1.82, 2.24) is 9.66 Å². The van der Waals surface area contributed by atoms with Crippen LogP contribution in [-0.2, 0) is 19.4 Å². The number of hydrogen-bond donors (Lipinski definition) is 0. The number of ether oxygens (including phenoxy) is 2. The summed E-state index contributed by atoms with van der Waals surface area (Å²) in [6, 6.07) is 15.4. The summed E-state index contributed by atoms with van der Waals surface area (Å²) < 4.78 is 27.2. The monoisotopic (exact) mass is 577 g/mol. The number of allylic oxidation sites excluding steroid dienone is 1. The summed E-state index contributed by atoms with van der Waals surface area (Å²) in [5.41, 5.74) is 2.83. The summed E-state index contributed by atoms with van der Waals surface area (Å²) in [7, 11) is 1.57. The lowest BCUT2D eigenvalue weighted by atomic mass is 10.1. The first-order chi connectivity index (χ1) is 18.4. The maximum absolute atomic E-state index is 13.4. The third-order valence-electron chi connectivity index (χ3n) is 5.99. The van der Waals surface area contributed by atoms with E-state index in [1.807, 2.05) is 18.2 Å². The standard InChI is InChI=1S/C30H29BrFN3O3/c1-4-6-8-28-34-26-14-11-23(31)17-25(26)30(36)35(28)33-18-21-15-22(7-5-2)29(27(16-21)37-3)38-19-20-9-12-24(32)13-10-20/h5,9-18H,2,4,6-8,19H2,1,3H3. The van der Waals surface area contributed by atoms with Crippen molar-refractivity contribution in [2.45, 2.75) is 39.2 Å². The Bertz CT molecular complexity index is 1530. The Hall–Kier alpha value is -3.78. The number of methoxy groups -OCH3 is 1. The maximum Gasteiger partial charge on any atom is 0.282 e. The molecule has 0 aliphatic heterocycles. The minimum absolute atomic E-state index is 0.226. The van der Waals surface area contributed by atoms with Crippen LogP contribution in [0.5, 0.6) is 11.5 Å². The van der Waals surface area contributed by atoms with Gasteiger partial charge in [0.25, 0.3) is 5.56 Å². The van der Waals surface area contributed by atoms with Gasteiger partial charge in [0.2, 0.25) is 0 Å². The Morgan fingerprint density at radius 3 is 2.66 bits per heavy atom. The lowest BCUT2D eigenvalue weighted by Gasteiger charge is -2.16. The predicted octanol–water partition coefficient (Wildman–Crippen LogP) is 6.84. The number of nitrogens with zero attached hydrogens (tertiary/aromatic N) is 3. The zero-order chi connectivity index (χ0) is 27.1. The molecule has 4 rings (SSSR count). The van der Waals surface area contributed by atoms with Crippen LogP contribution in [0.25, 0.3) is 10.9 Å². The lowest BCUT2D eigenvalue weighted by molar-refractivity contribution is 0.282. The molecule has 8 heteroatoms. The first-order valence-corrected chi connectivity index (χ1v) is 13.2. The molecule has 1 aromatic heterocycles. The van der Waals surface area contributed by atoms with Crippen LogP contribution in [0.15, 0.2) is 81.6 Å². The zero-order valence-corrected chi connectivity index (χ0v) is 23.0. The van der Waals surface area contributed by atoms with Crippen LogP contribution < -0.4 is 15.0 Å². The first-order valence-electron chi connectivity index (χ1n) is 12.4. The van der Waals surface area contributed by atoms with Crippen molar-refractivity contribution in [3.05, 3.63) is 110 Å². The van der Waals surface area contributed by atoms with E-state index >= 15 is 0 Å². The highest BCUT2D eigenvalue weighted by atomic mass is 79.9. The summed E-state index contributed by atoms with van der Waals surface area (Å²) >= 11 is 3.44. The molecule has 38 heavy (non-hydrogen) atoms. The largest absolute Gasteiger partial charge is 0.493 e. The number of aryl methyl sites for hydroxylation is 1. The van der Waals surface area contributed by atoms with E-state index in [2.05, 4.69) is 34.5 Å². The maximum atomic E-state index is 13.4. The second-order valence-corrected chi connectivity index (χ2v) is 9.69. The fraction of sp³-hybridized carbons (Fsp3) is 0.233. The summed E-state index contributed by atoms with van der Waals surface area (Å²) in [5.74, 6) is 1.41. The van der Waals surface area contributed by atoms with E-state index < -0.39 is 0 Å². The first kappa shape index (κ1) is 27.3. The molecule has 0 amide bonds. The summed E-state index contributed by atoms with van der Waals surface area (Å²) in [4.78, 5) is 18.1. The SMILES string of the molecule is C=CCc1cc(C=Nn2c(CCCC)nc3ccc(Br)cc3c2=O)cc(OC)c1OCc1ccc(F)cc1. The smallest absolute Gasteiger partial charge is 0.282 e. The molecule has 0 N–H and O–H groups in total. The van der Waals surface area contributed by atoms with Gasteiger partial charge >= 0.3 is 0 Å². The molecular formula is C30H29BrFN3O3. The van der Waals surface area contributed by atoms with Crippen LogP contribution in [0.4, 0.5) is 4.39 Å². The quantitative estimate of drug-likeness (QED) is 0.144. The highest BCUT2D eigenvalue weighted by Crippen LogP contribution is 2.34. The van der Waals surface area contributed by atoms with Gasteiger partial charge in [-0.3, -0.25) is 4.79 Å². The van der Waals surface area contributed by atoms with Gasteiger partial charge in [0.05, 0.1) is 24.2 Å².